The Kier molecular flexibility index (Phi) is 5.64. The number of amides is 1. The van der Waals surface area contributed by atoms with Crippen LogP contribution in [-0.2, 0) is 14.3 Å². The number of methoxy groups -OCH3 is 1. The molecule has 1 heterocycles. The molecule has 1 aliphatic heterocycles. The molecule has 20 heavy (non-hydrogen) atoms. The van der Waals surface area contributed by atoms with Gasteiger partial charge in [0.1, 0.15) is 0 Å². The SMILES string of the molecule is COCCNC(=O)[C@H]1CN(c2cccc(Cl)c2)CCO1. The summed E-state index contributed by atoms with van der Waals surface area (Å²) in [5, 5.41) is 3.48. The predicted molar refractivity (Wildman–Crippen MR) is 78.3 cm³/mol. The van der Waals surface area contributed by atoms with Crippen molar-refractivity contribution < 1.29 is 14.3 Å². The maximum absolute atomic E-state index is 12.0. The number of ether oxygens (including phenoxy) is 2. The highest BCUT2D eigenvalue weighted by molar-refractivity contribution is 6.30. The minimum absolute atomic E-state index is 0.103. The molecule has 0 saturated carbocycles. The number of carbonyl (C=O) groups is 1. The van der Waals surface area contributed by atoms with Crippen molar-refractivity contribution in [1.29, 1.82) is 0 Å². The molecule has 1 aromatic rings. The predicted octanol–water partition coefficient (Wildman–Crippen LogP) is 1.31. The van der Waals surface area contributed by atoms with Gasteiger partial charge in [0.2, 0.25) is 0 Å². The highest BCUT2D eigenvalue weighted by Crippen LogP contribution is 2.21. The van der Waals surface area contributed by atoms with Crippen LogP contribution in [0.25, 0.3) is 0 Å². The zero-order chi connectivity index (χ0) is 14.4. The lowest BCUT2D eigenvalue weighted by Gasteiger charge is -2.33. The first kappa shape index (κ1) is 15.1. The Hall–Kier alpha value is -1.30. The fourth-order valence-corrected chi connectivity index (χ4v) is 2.29. The molecule has 0 spiro atoms. The molecule has 0 aliphatic carbocycles. The number of benzene rings is 1. The van der Waals surface area contributed by atoms with Crippen LogP contribution in [0, 0.1) is 0 Å². The lowest BCUT2D eigenvalue weighted by atomic mass is 10.2. The summed E-state index contributed by atoms with van der Waals surface area (Å²) >= 11 is 6.00. The van der Waals surface area contributed by atoms with E-state index in [4.69, 9.17) is 21.1 Å². The number of rotatable bonds is 5. The first-order valence-corrected chi connectivity index (χ1v) is 6.97. The van der Waals surface area contributed by atoms with E-state index in [1.807, 2.05) is 24.3 Å². The van der Waals surface area contributed by atoms with Crippen LogP contribution in [0.15, 0.2) is 24.3 Å². The summed E-state index contributed by atoms with van der Waals surface area (Å²) in [6.45, 7) is 2.79. The Bertz CT molecular complexity index is 456. The number of nitrogens with zero attached hydrogens (tertiary/aromatic N) is 1. The molecule has 1 aromatic carbocycles. The molecule has 1 fully saturated rings. The van der Waals surface area contributed by atoms with E-state index < -0.39 is 6.10 Å². The van der Waals surface area contributed by atoms with Crippen LogP contribution >= 0.6 is 11.6 Å². The van der Waals surface area contributed by atoms with E-state index in [0.717, 1.165) is 12.2 Å². The molecule has 1 N–H and O–H groups in total. The second kappa shape index (κ2) is 7.47. The first-order valence-electron chi connectivity index (χ1n) is 6.59. The van der Waals surface area contributed by atoms with Gasteiger partial charge in [0.15, 0.2) is 6.10 Å². The normalized spacial score (nSPS) is 18.9. The molecule has 5 nitrogen and oxygen atoms in total. The van der Waals surface area contributed by atoms with Gasteiger partial charge in [-0.1, -0.05) is 17.7 Å². The number of morpholine rings is 1. The summed E-state index contributed by atoms with van der Waals surface area (Å²) in [6.07, 6.45) is -0.459. The van der Waals surface area contributed by atoms with Crippen LogP contribution in [0.3, 0.4) is 0 Å². The van der Waals surface area contributed by atoms with Crippen LogP contribution in [0.4, 0.5) is 5.69 Å². The lowest BCUT2D eigenvalue weighted by Crippen LogP contribution is -2.50. The number of hydrogen-bond donors (Lipinski definition) is 1. The molecule has 1 amide bonds. The molecule has 110 valence electrons. The van der Waals surface area contributed by atoms with E-state index in [9.17, 15) is 4.79 Å². The molecule has 2 rings (SSSR count). The van der Waals surface area contributed by atoms with Gasteiger partial charge >= 0.3 is 0 Å². The molecule has 6 heteroatoms. The van der Waals surface area contributed by atoms with Gasteiger partial charge < -0.3 is 19.7 Å². The van der Waals surface area contributed by atoms with Crippen molar-refractivity contribution in [3.05, 3.63) is 29.3 Å². The van der Waals surface area contributed by atoms with Crippen LogP contribution < -0.4 is 10.2 Å². The average Bonchev–Trinajstić information content (AvgIpc) is 2.47. The summed E-state index contributed by atoms with van der Waals surface area (Å²) in [7, 11) is 1.60. The van der Waals surface area contributed by atoms with Crippen molar-refractivity contribution in [1.82, 2.24) is 5.32 Å². The molecule has 0 aromatic heterocycles. The summed E-state index contributed by atoms with van der Waals surface area (Å²) < 4.78 is 10.4. The van der Waals surface area contributed by atoms with Crippen molar-refractivity contribution >= 4 is 23.2 Å². The molecule has 1 aliphatic rings. The van der Waals surface area contributed by atoms with Crippen molar-refractivity contribution in [2.45, 2.75) is 6.10 Å². The van der Waals surface area contributed by atoms with Crippen LogP contribution in [-0.4, -0.2) is 52.0 Å². The third kappa shape index (κ3) is 4.10. The summed E-state index contributed by atoms with van der Waals surface area (Å²) in [4.78, 5) is 14.1. The van der Waals surface area contributed by atoms with Crippen molar-refractivity contribution in [3.63, 3.8) is 0 Å². The van der Waals surface area contributed by atoms with E-state index >= 15 is 0 Å². The van der Waals surface area contributed by atoms with Crippen molar-refractivity contribution in [2.75, 3.05) is 44.9 Å². The third-order valence-electron chi connectivity index (χ3n) is 3.14. The summed E-state index contributed by atoms with van der Waals surface area (Å²) in [5.74, 6) is -0.103. The van der Waals surface area contributed by atoms with Crippen LogP contribution in [0.2, 0.25) is 5.02 Å². The van der Waals surface area contributed by atoms with Crippen LogP contribution in [0.1, 0.15) is 0 Å². The van der Waals surface area contributed by atoms with E-state index in [-0.39, 0.29) is 5.91 Å². The second-order valence-electron chi connectivity index (χ2n) is 4.57. The smallest absolute Gasteiger partial charge is 0.251 e. The van der Waals surface area contributed by atoms with Gasteiger partial charge in [0.25, 0.3) is 5.91 Å². The van der Waals surface area contributed by atoms with E-state index in [2.05, 4.69) is 10.2 Å². The number of hydrogen-bond acceptors (Lipinski definition) is 4. The number of nitrogens with one attached hydrogen (secondary N) is 1. The third-order valence-corrected chi connectivity index (χ3v) is 3.37. The number of halogens is 1. The molecule has 0 radical (unpaired) electrons. The van der Waals surface area contributed by atoms with Crippen LogP contribution in [0.5, 0.6) is 0 Å². The monoisotopic (exact) mass is 298 g/mol. The van der Waals surface area contributed by atoms with Gasteiger partial charge in [-0.15, -0.1) is 0 Å². The highest BCUT2D eigenvalue weighted by atomic mass is 35.5. The zero-order valence-corrected chi connectivity index (χ0v) is 12.2. The fraction of sp³-hybridized carbons (Fsp3) is 0.500. The van der Waals surface area contributed by atoms with Crippen molar-refractivity contribution in [2.24, 2.45) is 0 Å². The van der Waals surface area contributed by atoms with E-state index in [1.165, 1.54) is 0 Å². The van der Waals surface area contributed by atoms with Crippen molar-refractivity contribution in [3.8, 4) is 0 Å². The summed E-state index contributed by atoms with van der Waals surface area (Å²) in [6, 6.07) is 7.62. The van der Waals surface area contributed by atoms with Gasteiger partial charge in [-0.3, -0.25) is 4.79 Å². The molecular formula is C14H19ClN2O3. The molecule has 1 atom stereocenters. The molecule has 1 saturated heterocycles. The topological polar surface area (TPSA) is 50.8 Å². The van der Waals surface area contributed by atoms with Gasteiger partial charge in [0.05, 0.1) is 19.8 Å². The molecular weight excluding hydrogens is 280 g/mol. The van der Waals surface area contributed by atoms with E-state index in [1.54, 1.807) is 7.11 Å². The summed E-state index contributed by atoms with van der Waals surface area (Å²) in [5.41, 5.74) is 1.01. The van der Waals surface area contributed by atoms with Gasteiger partial charge in [-0.05, 0) is 18.2 Å². The number of carbonyl (C=O) groups excluding carboxylic acids is 1. The standard InChI is InChI=1S/C14H19ClN2O3/c1-19-7-5-16-14(18)13-10-17(6-8-20-13)12-4-2-3-11(15)9-12/h2-4,9,13H,5-8,10H2,1H3,(H,16,18)/t13-/m1/s1. The minimum Gasteiger partial charge on any atom is -0.383 e. The zero-order valence-electron chi connectivity index (χ0n) is 11.5. The fourth-order valence-electron chi connectivity index (χ4n) is 2.11. The Balaban J connectivity index is 1.93. The van der Waals surface area contributed by atoms with Gasteiger partial charge in [-0.25, -0.2) is 0 Å². The average molecular weight is 299 g/mol. The maximum Gasteiger partial charge on any atom is 0.251 e. The maximum atomic E-state index is 12.0. The highest BCUT2D eigenvalue weighted by Gasteiger charge is 2.26. The van der Waals surface area contributed by atoms with E-state index in [0.29, 0.717) is 31.3 Å². The Morgan fingerprint density at radius 2 is 2.45 bits per heavy atom. The largest absolute Gasteiger partial charge is 0.383 e. The quantitative estimate of drug-likeness (QED) is 0.833. The Morgan fingerprint density at radius 3 is 3.20 bits per heavy atom. The Morgan fingerprint density at radius 1 is 1.60 bits per heavy atom. The molecule has 0 bridgehead atoms. The van der Waals surface area contributed by atoms with Gasteiger partial charge in [0, 0.05) is 30.9 Å². The lowest BCUT2D eigenvalue weighted by molar-refractivity contribution is -0.133. The first-order chi connectivity index (χ1) is 9.70. The minimum atomic E-state index is -0.459. The number of anilines is 1. The second-order valence-corrected chi connectivity index (χ2v) is 5.01. The molecule has 0 unspecified atom stereocenters. The Labute approximate surface area is 123 Å². The van der Waals surface area contributed by atoms with Gasteiger partial charge in [-0.2, -0.15) is 0 Å².